The first-order valence-electron chi connectivity index (χ1n) is 29.4. The SMILES string of the molecule is CCC1=CC(CO)CC(C)C(OC2CC(O)C(OC3CC(OC)C(OC4CC(O)C(O)C(C)O4)C(C)O3)C(C)O2)C(C)CCCC2(C)C=C(C)C(C)CC23OC(=O)C(=C(O)C2(CC)C1C(C)=CC1C(O)CC(=O)C(C)C12)C3=O. The lowest BCUT2D eigenvalue weighted by Gasteiger charge is -2.56. The van der Waals surface area contributed by atoms with Crippen LogP contribution in [0.2, 0.25) is 0 Å². The fourth-order valence-corrected chi connectivity index (χ4v) is 16.0. The van der Waals surface area contributed by atoms with Gasteiger partial charge in [-0.3, -0.25) is 9.59 Å². The Bertz CT molecular complexity index is 2290. The van der Waals surface area contributed by atoms with Crippen LogP contribution in [0.25, 0.3) is 0 Å². The number of fused-ring (bicyclic) bond motifs is 4. The Kier molecular flexibility index (Phi) is 18.9. The van der Waals surface area contributed by atoms with Crippen molar-refractivity contribution in [2.75, 3.05) is 13.7 Å². The summed E-state index contributed by atoms with van der Waals surface area (Å²) in [6.07, 6.45) is -0.691. The summed E-state index contributed by atoms with van der Waals surface area (Å²) in [7, 11) is 1.57. The van der Waals surface area contributed by atoms with Crippen LogP contribution < -0.4 is 0 Å². The van der Waals surface area contributed by atoms with Crippen LogP contribution in [-0.4, -0.2) is 154 Å². The first-order valence-corrected chi connectivity index (χ1v) is 29.4. The first-order chi connectivity index (χ1) is 36.8. The monoisotopic (exact) mass is 1100 g/mol. The van der Waals surface area contributed by atoms with Gasteiger partial charge in [-0.2, -0.15) is 0 Å². The maximum atomic E-state index is 15.7. The number of methoxy groups -OCH3 is 1. The topological polar surface area (TPSA) is 246 Å². The van der Waals surface area contributed by atoms with Gasteiger partial charge in [0.15, 0.2) is 24.5 Å². The van der Waals surface area contributed by atoms with Gasteiger partial charge in [-0.15, -0.1) is 0 Å². The molecule has 0 radical (unpaired) electrons. The predicted octanol–water partition coefficient (Wildman–Crippen LogP) is 7.28. The lowest BCUT2D eigenvalue weighted by Crippen LogP contribution is -2.57. The average Bonchev–Trinajstić information content (AvgIpc) is 3.88. The summed E-state index contributed by atoms with van der Waals surface area (Å²) in [5.41, 5.74) is -1.54. The average molecular weight is 1100 g/mol. The van der Waals surface area contributed by atoms with E-state index in [9.17, 15) is 40.2 Å². The Balaban J connectivity index is 1.09. The molecule has 4 heterocycles. The number of hydrogen-bond donors (Lipinski definition) is 6. The summed E-state index contributed by atoms with van der Waals surface area (Å²) in [5.74, 6) is -5.19. The summed E-state index contributed by atoms with van der Waals surface area (Å²) in [6.45, 7) is 23.2. The van der Waals surface area contributed by atoms with Gasteiger partial charge in [-0.1, -0.05) is 89.8 Å². The van der Waals surface area contributed by atoms with Gasteiger partial charge < -0.3 is 68.5 Å². The van der Waals surface area contributed by atoms with Gasteiger partial charge in [0.2, 0.25) is 5.78 Å². The molecule has 1 saturated carbocycles. The Morgan fingerprint density at radius 2 is 1.36 bits per heavy atom. The molecule has 78 heavy (non-hydrogen) atoms. The number of Topliss-reactive ketones (excluding diaryl/α,β-unsaturated/α-hetero) is 2. The van der Waals surface area contributed by atoms with E-state index < -0.39 is 144 Å². The Labute approximate surface area is 462 Å². The number of ether oxygens (including phenoxy) is 8. The van der Waals surface area contributed by atoms with Crippen LogP contribution in [0.5, 0.6) is 0 Å². The van der Waals surface area contributed by atoms with Crippen molar-refractivity contribution >= 4 is 17.5 Å². The molecule has 0 aromatic heterocycles. The number of ketones is 2. The second kappa shape index (κ2) is 24.1. The predicted molar refractivity (Wildman–Crippen MR) is 287 cm³/mol. The van der Waals surface area contributed by atoms with Gasteiger partial charge in [-0.25, -0.2) is 4.79 Å². The molecule has 2 bridgehead atoms. The largest absolute Gasteiger partial charge is 0.511 e. The molecule has 4 aliphatic carbocycles. The molecule has 440 valence electrons. The van der Waals surface area contributed by atoms with E-state index in [1.165, 1.54) is 0 Å². The van der Waals surface area contributed by atoms with Crippen LogP contribution in [0.3, 0.4) is 0 Å². The Morgan fingerprint density at radius 3 is 1.97 bits per heavy atom. The summed E-state index contributed by atoms with van der Waals surface area (Å²) in [4.78, 5) is 44.3. The van der Waals surface area contributed by atoms with E-state index in [1.54, 1.807) is 14.0 Å². The summed E-state index contributed by atoms with van der Waals surface area (Å²) in [5, 5.41) is 68.8. The molecular formula is C61H94O17. The van der Waals surface area contributed by atoms with Crippen LogP contribution in [0.1, 0.15) is 154 Å². The van der Waals surface area contributed by atoms with Crippen molar-refractivity contribution in [1.29, 1.82) is 0 Å². The second-order valence-electron chi connectivity index (χ2n) is 25.4. The van der Waals surface area contributed by atoms with Gasteiger partial charge in [0.25, 0.3) is 0 Å². The first kappa shape index (κ1) is 61.2. The molecule has 0 amide bonds. The summed E-state index contributed by atoms with van der Waals surface area (Å²) < 4.78 is 51.0. The minimum Gasteiger partial charge on any atom is -0.511 e. The molecule has 25 unspecified atom stereocenters. The van der Waals surface area contributed by atoms with E-state index in [4.69, 9.17) is 37.9 Å². The van der Waals surface area contributed by atoms with Gasteiger partial charge >= 0.3 is 5.97 Å². The molecule has 1 spiro atoms. The highest BCUT2D eigenvalue weighted by Crippen LogP contribution is 2.64. The molecule has 4 aliphatic heterocycles. The molecule has 8 aliphatic rings. The number of aliphatic hydroxyl groups excluding tert-OH is 6. The molecule has 6 N–H and O–H groups in total. The van der Waals surface area contributed by atoms with Gasteiger partial charge in [0.05, 0.1) is 48.8 Å². The van der Waals surface area contributed by atoms with Crippen molar-refractivity contribution in [3.8, 4) is 0 Å². The van der Waals surface area contributed by atoms with E-state index in [0.29, 0.717) is 32.1 Å². The number of rotatable bonds is 10. The third-order valence-corrected chi connectivity index (χ3v) is 20.3. The zero-order chi connectivity index (χ0) is 57.1. The van der Waals surface area contributed by atoms with E-state index in [0.717, 1.165) is 16.7 Å². The van der Waals surface area contributed by atoms with Crippen molar-refractivity contribution in [2.24, 2.45) is 58.2 Å². The van der Waals surface area contributed by atoms with Crippen molar-refractivity contribution in [3.63, 3.8) is 0 Å². The van der Waals surface area contributed by atoms with E-state index in [-0.39, 0.29) is 80.0 Å². The van der Waals surface area contributed by atoms with Gasteiger partial charge in [-0.05, 0) is 90.4 Å². The summed E-state index contributed by atoms with van der Waals surface area (Å²) in [6, 6.07) is 0. The van der Waals surface area contributed by atoms with E-state index in [1.807, 2.05) is 68.4 Å². The highest BCUT2D eigenvalue weighted by molar-refractivity contribution is 6.26. The number of allylic oxidation sites excluding steroid dienone is 4. The van der Waals surface area contributed by atoms with Crippen molar-refractivity contribution < 1.29 is 82.9 Å². The molecule has 0 aromatic rings. The number of carbonyl (C=O) groups is 3. The number of aliphatic hydroxyl groups is 6. The third-order valence-electron chi connectivity index (χ3n) is 20.3. The molecule has 0 aromatic carbocycles. The fourth-order valence-electron chi connectivity index (χ4n) is 16.0. The fraction of sp³-hybridized carbons (Fsp3) is 0.820. The lowest BCUT2D eigenvalue weighted by molar-refractivity contribution is -0.338. The van der Waals surface area contributed by atoms with Crippen LogP contribution in [0.4, 0.5) is 0 Å². The second-order valence-corrected chi connectivity index (χ2v) is 25.4. The Morgan fingerprint density at radius 1 is 0.744 bits per heavy atom. The van der Waals surface area contributed by atoms with E-state index >= 15 is 4.79 Å². The minimum absolute atomic E-state index is 0.0414. The molecule has 4 saturated heterocycles. The van der Waals surface area contributed by atoms with Gasteiger partial charge in [0.1, 0.15) is 35.4 Å². The highest BCUT2D eigenvalue weighted by atomic mass is 16.7. The smallest absolute Gasteiger partial charge is 0.346 e. The molecule has 8 rings (SSSR count). The highest BCUT2D eigenvalue weighted by Gasteiger charge is 2.67. The van der Waals surface area contributed by atoms with Crippen LogP contribution in [0.15, 0.2) is 46.3 Å². The third kappa shape index (κ3) is 11.1. The molecule has 17 heteroatoms. The molecule has 5 fully saturated rings. The quantitative estimate of drug-likeness (QED) is 0.0715. The van der Waals surface area contributed by atoms with Crippen LogP contribution in [0, 0.1) is 58.2 Å². The maximum absolute atomic E-state index is 15.7. The van der Waals surface area contributed by atoms with Gasteiger partial charge in [0, 0.05) is 80.3 Å². The maximum Gasteiger partial charge on any atom is 0.346 e. The number of hydrogen-bond acceptors (Lipinski definition) is 17. The summed E-state index contributed by atoms with van der Waals surface area (Å²) >= 11 is 0. The molecule has 17 nitrogen and oxygen atoms in total. The van der Waals surface area contributed by atoms with Crippen molar-refractivity contribution in [3.05, 3.63) is 46.3 Å². The van der Waals surface area contributed by atoms with E-state index in [2.05, 4.69) is 26.0 Å². The molecule has 25 atom stereocenters. The number of carbonyl (C=O) groups excluding carboxylic acids is 3. The standard InChI is InChI=1S/C61H94O17/c1-14-39-21-38(28-62)19-31(5)53(75-47-24-44(66)54(36(10)73-47)76-48-25-45(71-13)55(37(11)74-48)77-46-23-43(65)52(67)35(9)72-46)29(3)17-16-18-59(12)26-32(6)33(7)27-61(59)57(69)49(58(70)78-61)56(68)60(15-2)50(39)30(4)20-40-42(64)22-41(63)34(8)51(40)60/h20-21,26,29,31,33-38,40,42-48,50-55,62,64-68H,14-19,22-25,27-28H2,1-13H3. The van der Waals surface area contributed by atoms with Crippen molar-refractivity contribution in [1.82, 2.24) is 0 Å². The lowest BCUT2D eigenvalue weighted by atomic mass is 9.47. The van der Waals surface area contributed by atoms with Crippen LogP contribution >= 0.6 is 0 Å². The zero-order valence-corrected chi connectivity index (χ0v) is 48.6. The van der Waals surface area contributed by atoms with Crippen molar-refractivity contribution in [2.45, 2.75) is 245 Å². The number of esters is 1. The normalized spacial score (nSPS) is 47.9. The minimum atomic E-state index is -1.62. The zero-order valence-electron chi connectivity index (χ0n) is 48.6. The molecular weight excluding hydrogens is 1000 g/mol. The Hall–Kier alpha value is -2.91. The van der Waals surface area contributed by atoms with Crippen LogP contribution in [-0.2, 0) is 52.3 Å².